The number of carbonyl (C=O) groups excluding carboxylic acids is 1. The van der Waals surface area contributed by atoms with Crippen LogP contribution in [0.25, 0.3) is 0 Å². The van der Waals surface area contributed by atoms with Crippen LogP contribution in [0, 0.1) is 0 Å². The molecular formula is C12H18N2O3. The molecule has 0 aromatic heterocycles. The number of aliphatic hydroxyl groups excluding tert-OH is 2. The van der Waals surface area contributed by atoms with Gasteiger partial charge in [0.2, 0.25) is 5.91 Å². The highest BCUT2D eigenvalue weighted by molar-refractivity contribution is 5.82. The van der Waals surface area contributed by atoms with E-state index in [4.69, 9.17) is 10.8 Å². The summed E-state index contributed by atoms with van der Waals surface area (Å²) in [6, 6.07) is 7.61. The first kappa shape index (κ1) is 13.6. The standard InChI is InChI=1S/C12H18N2O3/c1-8(16)11(9-5-3-2-4-6-9)14-12(17)10(13)7-15/h2-6,8,10-11,15-16H,7,13H2,1H3,(H,14,17)/t8-,10+,11+/m0/s1. The van der Waals surface area contributed by atoms with Crippen molar-refractivity contribution < 1.29 is 15.0 Å². The summed E-state index contributed by atoms with van der Waals surface area (Å²) in [5.74, 6) is -0.484. The molecule has 0 aliphatic heterocycles. The summed E-state index contributed by atoms with van der Waals surface area (Å²) in [5, 5.41) is 21.0. The van der Waals surface area contributed by atoms with Gasteiger partial charge in [0.15, 0.2) is 0 Å². The molecule has 5 N–H and O–H groups in total. The maximum Gasteiger partial charge on any atom is 0.239 e. The van der Waals surface area contributed by atoms with Crippen LogP contribution in [-0.2, 0) is 4.79 Å². The van der Waals surface area contributed by atoms with E-state index in [2.05, 4.69) is 5.32 Å². The van der Waals surface area contributed by atoms with Crippen LogP contribution in [0.2, 0.25) is 0 Å². The third-order valence-electron chi connectivity index (χ3n) is 2.47. The second kappa shape index (κ2) is 6.34. The average Bonchev–Trinajstić information content (AvgIpc) is 2.35. The Kier molecular flexibility index (Phi) is 5.09. The minimum Gasteiger partial charge on any atom is -0.394 e. The van der Waals surface area contributed by atoms with Crippen LogP contribution < -0.4 is 11.1 Å². The summed E-state index contributed by atoms with van der Waals surface area (Å²) in [7, 11) is 0. The largest absolute Gasteiger partial charge is 0.394 e. The van der Waals surface area contributed by atoms with Gasteiger partial charge in [-0.15, -0.1) is 0 Å². The molecular weight excluding hydrogens is 220 g/mol. The zero-order valence-corrected chi connectivity index (χ0v) is 9.71. The molecule has 3 atom stereocenters. The van der Waals surface area contributed by atoms with Crippen molar-refractivity contribution in [3.63, 3.8) is 0 Å². The van der Waals surface area contributed by atoms with Gasteiger partial charge in [-0.1, -0.05) is 30.3 Å². The minimum absolute atomic E-state index is 0.423. The van der Waals surface area contributed by atoms with E-state index in [1.165, 1.54) is 0 Å². The number of carbonyl (C=O) groups is 1. The Hall–Kier alpha value is -1.43. The van der Waals surface area contributed by atoms with Gasteiger partial charge in [0.1, 0.15) is 6.04 Å². The van der Waals surface area contributed by atoms with Crippen molar-refractivity contribution in [1.29, 1.82) is 0 Å². The Morgan fingerprint density at radius 1 is 1.41 bits per heavy atom. The fraction of sp³-hybridized carbons (Fsp3) is 0.417. The molecule has 1 amide bonds. The molecule has 0 saturated heterocycles. The van der Waals surface area contributed by atoms with Gasteiger partial charge in [-0.3, -0.25) is 4.79 Å². The molecule has 0 spiro atoms. The molecule has 1 aromatic rings. The van der Waals surface area contributed by atoms with Gasteiger partial charge >= 0.3 is 0 Å². The molecule has 0 heterocycles. The molecule has 0 bridgehead atoms. The van der Waals surface area contributed by atoms with Gasteiger partial charge in [-0.05, 0) is 12.5 Å². The van der Waals surface area contributed by atoms with E-state index in [0.717, 1.165) is 5.56 Å². The van der Waals surface area contributed by atoms with Gasteiger partial charge in [0.05, 0.1) is 18.8 Å². The Morgan fingerprint density at radius 2 is 2.00 bits per heavy atom. The van der Waals surface area contributed by atoms with Crippen LogP contribution in [-0.4, -0.2) is 34.9 Å². The quantitative estimate of drug-likeness (QED) is 0.558. The minimum atomic E-state index is -0.972. The van der Waals surface area contributed by atoms with Gasteiger partial charge in [-0.25, -0.2) is 0 Å². The molecule has 0 radical (unpaired) electrons. The van der Waals surface area contributed by atoms with E-state index < -0.39 is 30.7 Å². The Balaban J connectivity index is 2.78. The normalized spacial score (nSPS) is 16.0. The van der Waals surface area contributed by atoms with Crippen molar-refractivity contribution in [1.82, 2.24) is 5.32 Å². The lowest BCUT2D eigenvalue weighted by atomic mass is 10.0. The molecule has 1 rings (SSSR count). The summed E-state index contributed by atoms with van der Waals surface area (Å²) in [5.41, 5.74) is 6.19. The summed E-state index contributed by atoms with van der Waals surface area (Å²) in [6.45, 7) is 1.16. The second-order valence-electron chi connectivity index (χ2n) is 3.93. The fourth-order valence-electron chi connectivity index (χ4n) is 1.49. The summed E-state index contributed by atoms with van der Waals surface area (Å²) in [4.78, 5) is 11.6. The van der Waals surface area contributed by atoms with Crippen LogP contribution in [0.5, 0.6) is 0 Å². The number of rotatable bonds is 5. The lowest BCUT2D eigenvalue weighted by Crippen LogP contribution is -2.46. The summed E-state index contributed by atoms with van der Waals surface area (Å²) >= 11 is 0. The van der Waals surface area contributed by atoms with E-state index >= 15 is 0 Å². The highest BCUT2D eigenvalue weighted by atomic mass is 16.3. The monoisotopic (exact) mass is 238 g/mol. The van der Waals surface area contributed by atoms with Gasteiger partial charge in [0, 0.05) is 0 Å². The fourth-order valence-corrected chi connectivity index (χ4v) is 1.49. The number of hydrogen-bond acceptors (Lipinski definition) is 4. The molecule has 0 saturated carbocycles. The number of aliphatic hydroxyl groups is 2. The SMILES string of the molecule is C[C@H](O)[C@@H](NC(=O)[C@H](N)CO)c1ccccc1. The number of nitrogens with two attached hydrogens (primary N) is 1. The van der Waals surface area contributed by atoms with Gasteiger partial charge < -0.3 is 21.3 Å². The van der Waals surface area contributed by atoms with Crippen molar-refractivity contribution in [2.45, 2.75) is 25.1 Å². The first-order chi connectivity index (χ1) is 8.06. The second-order valence-corrected chi connectivity index (χ2v) is 3.93. The van der Waals surface area contributed by atoms with Crippen molar-refractivity contribution in [2.24, 2.45) is 5.73 Å². The molecule has 0 aliphatic carbocycles. The van der Waals surface area contributed by atoms with Crippen molar-refractivity contribution in [3.05, 3.63) is 35.9 Å². The molecule has 5 heteroatoms. The maximum atomic E-state index is 11.6. The van der Waals surface area contributed by atoms with Crippen LogP contribution in [0.4, 0.5) is 0 Å². The molecule has 0 unspecified atom stereocenters. The van der Waals surface area contributed by atoms with E-state index in [1.807, 2.05) is 30.3 Å². The molecule has 0 fully saturated rings. The van der Waals surface area contributed by atoms with E-state index in [1.54, 1.807) is 6.92 Å². The smallest absolute Gasteiger partial charge is 0.239 e. The summed E-state index contributed by atoms with van der Waals surface area (Å²) < 4.78 is 0. The van der Waals surface area contributed by atoms with Crippen molar-refractivity contribution >= 4 is 5.91 Å². The van der Waals surface area contributed by atoms with Crippen LogP contribution >= 0.6 is 0 Å². The number of hydrogen-bond donors (Lipinski definition) is 4. The van der Waals surface area contributed by atoms with E-state index in [0.29, 0.717) is 0 Å². The molecule has 94 valence electrons. The zero-order chi connectivity index (χ0) is 12.8. The van der Waals surface area contributed by atoms with Gasteiger partial charge in [0.25, 0.3) is 0 Å². The first-order valence-electron chi connectivity index (χ1n) is 5.46. The Morgan fingerprint density at radius 3 is 2.47 bits per heavy atom. The third-order valence-corrected chi connectivity index (χ3v) is 2.47. The Bertz CT molecular complexity index is 354. The number of benzene rings is 1. The van der Waals surface area contributed by atoms with Crippen LogP contribution in [0.3, 0.4) is 0 Å². The van der Waals surface area contributed by atoms with Crippen LogP contribution in [0.15, 0.2) is 30.3 Å². The third kappa shape index (κ3) is 3.81. The number of amides is 1. The first-order valence-corrected chi connectivity index (χ1v) is 5.46. The number of nitrogens with one attached hydrogen (secondary N) is 1. The predicted octanol–water partition coefficient (Wildman–Crippen LogP) is -0.456. The van der Waals surface area contributed by atoms with E-state index in [-0.39, 0.29) is 0 Å². The zero-order valence-electron chi connectivity index (χ0n) is 9.71. The van der Waals surface area contributed by atoms with Crippen LogP contribution in [0.1, 0.15) is 18.5 Å². The molecule has 5 nitrogen and oxygen atoms in total. The van der Waals surface area contributed by atoms with Gasteiger partial charge in [-0.2, -0.15) is 0 Å². The molecule has 1 aromatic carbocycles. The summed E-state index contributed by atoms with van der Waals surface area (Å²) in [6.07, 6.45) is -0.743. The van der Waals surface area contributed by atoms with Crippen molar-refractivity contribution in [2.75, 3.05) is 6.61 Å². The van der Waals surface area contributed by atoms with Crippen molar-refractivity contribution in [3.8, 4) is 0 Å². The maximum absolute atomic E-state index is 11.6. The highest BCUT2D eigenvalue weighted by Gasteiger charge is 2.22. The lowest BCUT2D eigenvalue weighted by Gasteiger charge is -2.23. The lowest BCUT2D eigenvalue weighted by molar-refractivity contribution is -0.124. The molecule has 17 heavy (non-hydrogen) atoms. The highest BCUT2D eigenvalue weighted by Crippen LogP contribution is 2.16. The topological polar surface area (TPSA) is 95.6 Å². The Labute approximate surface area is 100 Å². The molecule has 0 aliphatic rings. The average molecular weight is 238 g/mol. The van der Waals surface area contributed by atoms with E-state index in [9.17, 15) is 9.90 Å². The predicted molar refractivity (Wildman–Crippen MR) is 64.1 cm³/mol.